The zero-order valence-corrected chi connectivity index (χ0v) is 13.9. The lowest BCUT2D eigenvalue weighted by Gasteiger charge is -2.15. The molecule has 4 rings (SSSR count). The van der Waals surface area contributed by atoms with Gasteiger partial charge in [-0.05, 0) is 68.0 Å². The van der Waals surface area contributed by atoms with E-state index in [1.165, 1.54) is 35.3 Å². The highest BCUT2D eigenvalue weighted by Crippen LogP contribution is 2.38. The Morgan fingerprint density at radius 1 is 1.22 bits per heavy atom. The number of aryl methyl sites for hydroxylation is 3. The molecule has 0 bridgehead atoms. The highest BCUT2D eigenvalue weighted by atomic mass is 32.1. The number of nitrogen functional groups attached to an aromatic ring is 1. The molecule has 0 saturated heterocycles. The first kappa shape index (κ1) is 14.4. The van der Waals surface area contributed by atoms with E-state index in [0.717, 1.165) is 28.6 Å². The fourth-order valence-electron chi connectivity index (χ4n) is 3.36. The van der Waals surface area contributed by atoms with Gasteiger partial charge in [-0.2, -0.15) is 0 Å². The second kappa shape index (κ2) is 5.46. The van der Waals surface area contributed by atoms with Crippen LogP contribution in [-0.4, -0.2) is 10.8 Å². The van der Waals surface area contributed by atoms with Crippen LogP contribution in [0.3, 0.4) is 0 Å². The second-order valence-electron chi connectivity index (χ2n) is 6.13. The van der Waals surface area contributed by atoms with E-state index in [1.54, 1.807) is 12.3 Å². The Labute approximate surface area is 139 Å². The molecule has 116 valence electrons. The minimum absolute atomic E-state index is 0.0210. The normalized spacial score (nSPS) is 14.0. The van der Waals surface area contributed by atoms with Gasteiger partial charge in [-0.1, -0.05) is 0 Å². The van der Waals surface area contributed by atoms with E-state index in [1.807, 2.05) is 13.0 Å². The molecule has 0 saturated carbocycles. The van der Waals surface area contributed by atoms with Crippen LogP contribution < -0.4 is 5.73 Å². The maximum absolute atomic E-state index is 12.9. The fourth-order valence-corrected chi connectivity index (χ4v) is 4.48. The minimum Gasteiger partial charge on any atom is -0.397 e. The summed E-state index contributed by atoms with van der Waals surface area (Å²) in [5, 5.41) is 1.03. The van der Waals surface area contributed by atoms with Crippen molar-refractivity contribution in [3.8, 4) is 0 Å². The first-order chi connectivity index (χ1) is 11.1. The highest BCUT2D eigenvalue weighted by molar-refractivity contribution is 7.21. The number of ketones is 1. The quantitative estimate of drug-likeness (QED) is 0.716. The van der Waals surface area contributed by atoms with E-state index in [4.69, 9.17) is 5.73 Å². The van der Waals surface area contributed by atoms with Crippen LogP contribution in [0.4, 0.5) is 5.69 Å². The van der Waals surface area contributed by atoms with Gasteiger partial charge in [0, 0.05) is 27.5 Å². The number of hydrogen-bond acceptors (Lipinski definition) is 4. The molecule has 0 amide bonds. The standard InChI is InChI=1S/C19H18N2OS/c1-11-14(7-4-8-21-11)18(22)19-17(20)15-9-12-5-2-3-6-13(12)10-16(15)23-19/h4,7-10H,2-3,5-6,20H2,1H3. The number of aromatic nitrogens is 1. The number of pyridine rings is 1. The zero-order valence-electron chi connectivity index (χ0n) is 13.1. The number of anilines is 1. The smallest absolute Gasteiger partial charge is 0.206 e. The van der Waals surface area contributed by atoms with Crippen LogP contribution in [0.15, 0.2) is 30.5 Å². The number of nitrogens with zero attached hydrogens (tertiary/aromatic N) is 1. The fraction of sp³-hybridized carbons (Fsp3) is 0.263. The van der Waals surface area contributed by atoms with E-state index in [2.05, 4.69) is 17.1 Å². The monoisotopic (exact) mass is 322 g/mol. The third kappa shape index (κ3) is 2.34. The van der Waals surface area contributed by atoms with E-state index in [9.17, 15) is 4.79 Å². The summed E-state index contributed by atoms with van der Waals surface area (Å²) in [4.78, 5) is 17.7. The topological polar surface area (TPSA) is 56.0 Å². The van der Waals surface area contributed by atoms with Crippen LogP contribution in [0.5, 0.6) is 0 Å². The number of fused-ring (bicyclic) bond motifs is 2. The van der Waals surface area contributed by atoms with Crippen molar-refractivity contribution in [1.29, 1.82) is 0 Å². The maximum Gasteiger partial charge on any atom is 0.206 e. The van der Waals surface area contributed by atoms with Gasteiger partial charge in [-0.25, -0.2) is 0 Å². The molecule has 4 heteroatoms. The molecule has 23 heavy (non-hydrogen) atoms. The number of hydrogen-bond donors (Lipinski definition) is 1. The van der Waals surface area contributed by atoms with E-state index in [0.29, 0.717) is 16.1 Å². The Morgan fingerprint density at radius 3 is 2.70 bits per heavy atom. The summed E-state index contributed by atoms with van der Waals surface area (Å²) in [6, 6.07) is 8.04. The van der Waals surface area contributed by atoms with Crippen LogP contribution in [0.1, 0.15) is 44.9 Å². The summed E-state index contributed by atoms with van der Waals surface area (Å²) in [6.07, 6.45) is 6.44. The lowest BCUT2D eigenvalue weighted by atomic mass is 9.91. The van der Waals surface area contributed by atoms with Crippen molar-refractivity contribution in [2.75, 3.05) is 5.73 Å². The Bertz CT molecular complexity index is 927. The van der Waals surface area contributed by atoms with Crippen LogP contribution in [0.2, 0.25) is 0 Å². The molecule has 2 aromatic heterocycles. The first-order valence-electron chi connectivity index (χ1n) is 7.95. The molecule has 0 atom stereocenters. The van der Waals surface area contributed by atoms with Gasteiger partial charge in [-0.3, -0.25) is 9.78 Å². The predicted molar refractivity (Wildman–Crippen MR) is 95.3 cm³/mol. The summed E-state index contributed by atoms with van der Waals surface area (Å²) in [6.45, 7) is 1.86. The predicted octanol–water partition coefficient (Wildman–Crippen LogP) is 4.30. The number of carbonyl (C=O) groups is 1. The van der Waals surface area contributed by atoms with Crippen LogP contribution >= 0.6 is 11.3 Å². The van der Waals surface area contributed by atoms with E-state index >= 15 is 0 Å². The summed E-state index contributed by atoms with van der Waals surface area (Å²) in [5.41, 5.74) is 11.1. The molecule has 1 aliphatic carbocycles. The lowest BCUT2D eigenvalue weighted by molar-refractivity contribution is 0.104. The summed E-state index contributed by atoms with van der Waals surface area (Å²) < 4.78 is 1.12. The van der Waals surface area contributed by atoms with Crippen molar-refractivity contribution in [3.05, 3.63) is 57.7 Å². The molecule has 0 fully saturated rings. The molecule has 0 unspecified atom stereocenters. The average molecular weight is 322 g/mol. The molecule has 2 heterocycles. The Hall–Kier alpha value is -2.20. The third-order valence-corrected chi connectivity index (χ3v) is 5.82. The molecule has 0 spiro atoms. The molecule has 1 aliphatic rings. The van der Waals surface area contributed by atoms with Gasteiger partial charge in [0.1, 0.15) is 0 Å². The van der Waals surface area contributed by atoms with Crippen LogP contribution in [0, 0.1) is 6.92 Å². The molecule has 3 nitrogen and oxygen atoms in total. The van der Waals surface area contributed by atoms with Gasteiger partial charge < -0.3 is 5.73 Å². The van der Waals surface area contributed by atoms with Gasteiger partial charge in [0.15, 0.2) is 0 Å². The van der Waals surface area contributed by atoms with Gasteiger partial charge >= 0.3 is 0 Å². The molecule has 1 aromatic carbocycles. The zero-order chi connectivity index (χ0) is 16.0. The molecule has 2 N–H and O–H groups in total. The van der Waals surface area contributed by atoms with Crippen molar-refractivity contribution in [3.63, 3.8) is 0 Å². The largest absolute Gasteiger partial charge is 0.397 e. The Kier molecular flexibility index (Phi) is 3.42. The van der Waals surface area contributed by atoms with Crippen molar-refractivity contribution in [2.24, 2.45) is 0 Å². The third-order valence-electron chi connectivity index (χ3n) is 4.65. The summed E-state index contributed by atoms with van der Waals surface area (Å²) in [7, 11) is 0. The van der Waals surface area contributed by atoms with Crippen molar-refractivity contribution in [1.82, 2.24) is 4.98 Å². The number of carbonyl (C=O) groups excluding carboxylic acids is 1. The van der Waals surface area contributed by atoms with Gasteiger partial charge in [0.2, 0.25) is 5.78 Å². The Balaban J connectivity index is 1.86. The lowest BCUT2D eigenvalue weighted by Crippen LogP contribution is -2.05. The molecular formula is C19H18N2OS. The Morgan fingerprint density at radius 2 is 1.96 bits per heavy atom. The average Bonchev–Trinajstić information content (AvgIpc) is 2.89. The van der Waals surface area contributed by atoms with Gasteiger partial charge in [0.05, 0.1) is 10.6 Å². The van der Waals surface area contributed by atoms with Crippen LogP contribution in [-0.2, 0) is 12.8 Å². The number of thiophene rings is 1. The summed E-state index contributed by atoms with van der Waals surface area (Å²) >= 11 is 1.51. The molecule has 0 aliphatic heterocycles. The SMILES string of the molecule is Cc1ncccc1C(=O)c1sc2cc3c(cc2c1N)CCCC3. The van der Waals surface area contributed by atoms with Crippen molar-refractivity contribution >= 4 is 32.9 Å². The van der Waals surface area contributed by atoms with E-state index < -0.39 is 0 Å². The van der Waals surface area contributed by atoms with Gasteiger partial charge in [0.25, 0.3) is 0 Å². The first-order valence-corrected chi connectivity index (χ1v) is 8.77. The second-order valence-corrected chi connectivity index (χ2v) is 7.19. The number of nitrogens with two attached hydrogens (primary N) is 1. The van der Waals surface area contributed by atoms with E-state index in [-0.39, 0.29) is 5.78 Å². The van der Waals surface area contributed by atoms with Gasteiger partial charge in [-0.15, -0.1) is 11.3 Å². The van der Waals surface area contributed by atoms with Crippen molar-refractivity contribution < 1.29 is 4.79 Å². The molecule has 3 aromatic rings. The maximum atomic E-state index is 12.9. The summed E-state index contributed by atoms with van der Waals surface area (Å²) in [5.74, 6) is -0.0210. The highest BCUT2D eigenvalue weighted by Gasteiger charge is 2.21. The van der Waals surface area contributed by atoms with Crippen LogP contribution in [0.25, 0.3) is 10.1 Å². The molecule has 0 radical (unpaired) electrons. The minimum atomic E-state index is -0.0210. The van der Waals surface area contributed by atoms with Crippen molar-refractivity contribution in [2.45, 2.75) is 32.6 Å². The molecular weight excluding hydrogens is 304 g/mol. The number of benzene rings is 1. The number of rotatable bonds is 2.